The highest BCUT2D eigenvalue weighted by molar-refractivity contribution is 8.00. The number of amides is 1. The van der Waals surface area contributed by atoms with Crippen LogP contribution in [0.3, 0.4) is 0 Å². The smallest absolute Gasteiger partial charge is 0.251 e. The summed E-state index contributed by atoms with van der Waals surface area (Å²) in [7, 11) is 1.69. The number of halogens is 3. The normalized spacial score (nSPS) is 11.0. The minimum Gasteiger partial charge on any atom is -0.351 e. The third-order valence-electron chi connectivity index (χ3n) is 4.02. The van der Waals surface area contributed by atoms with Gasteiger partial charge < -0.3 is 9.88 Å². The van der Waals surface area contributed by atoms with Crippen LogP contribution in [-0.2, 0) is 18.4 Å². The number of aryl methyl sites for hydroxylation is 1. The van der Waals surface area contributed by atoms with Gasteiger partial charge in [-0.3, -0.25) is 9.59 Å². The number of fused-ring (bicyclic) bond motifs is 1. The summed E-state index contributed by atoms with van der Waals surface area (Å²) in [6.45, 7) is 0.196. The van der Waals surface area contributed by atoms with Gasteiger partial charge in [0.1, 0.15) is 5.82 Å². The average Bonchev–Trinajstić information content (AvgIpc) is 2.62. The molecule has 1 aromatic heterocycles. The standard InChI is InChI=1S/C19H15Cl2FN2O2S/c1-24-16-5-3-12(20)6-14(16)17(8-19(24)26)27-10-18(25)23-9-11-2-4-13(22)7-15(11)21/h2-8H,9-10H2,1H3,(H,23,25). The molecule has 1 amide bonds. The van der Waals surface area contributed by atoms with Gasteiger partial charge in [0.05, 0.1) is 11.3 Å². The Morgan fingerprint density at radius 2 is 1.96 bits per heavy atom. The zero-order chi connectivity index (χ0) is 19.6. The number of hydrogen-bond acceptors (Lipinski definition) is 3. The highest BCUT2D eigenvalue weighted by atomic mass is 35.5. The Bertz CT molecular complexity index is 1090. The lowest BCUT2D eigenvalue weighted by atomic mass is 10.2. The fraction of sp³-hybridized carbons (Fsp3) is 0.158. The molecule has 140 valence electrons. The number of hydrogen-bond donors (Lipinski definition) is 1. The molecule has 1 N–H and O–H groups in total. The fourth-order valence-corrected chi connectivity index (χ4v) is 3.87. The molecule has 0 aliphatic heterocycles. The van der Waals surface area contributed by atoms with E-state index in [2.05, 4.69) is 5.32 Å². The second kappa shape index (κ2) is 8.33. The number of carbonyl (C=O) groups is 1. The van der Waals surface area contributed by atoms with Crippen molar-refractivity contribution in [2.75, 3.05) is 5.75 Å². The lowest BCUT2D eigenvalue weighted by molar-refractivity contribution is -0.118. The van der Waals surface area contributed by atoms with Crippen molar-refractivity contribution in [3.05, 3.63) is 74.2 Å². The Kier molecular flexibility index (Phi) is 6.09. The third kappa shape index (κ3) is 4.64. The van der Waals surface area contributed by atoms with E-state index in [0.29, 0.717) is 15.5 Å². The Labute approximate surface area is 169 Å². The largest absolute Gasteiger partial charge is 0.351 e. The lowest BCUT2D eigenvalue weighted by Crippen LogP contribution is -2.25. The number of nitrogens with zero attached hydrogens (tertiary/aromatic N) is 1. The Morgan fingerprint density at radius 1 is 1.19 bits per heavy atom. The van der Waals surface area contributed by atoms with Crippen molar-refractivity contribution >= 4 is 51.8 Å². The molecule has 0 unspecified atom stereocenters. The van der Waals surface area contributed by atoms with Gasteiger partial charge in [0, 0.05) is 40.0 Å². The summed E-state index contributed by atoms with van der Waals surface area (Å²) in [5.41, 5.74) is 1.21. The lowest BCUT2D eigenvalue weighted by Gasteiger charge is -2.11. The maximum absolute atomic E-state index is 13.1. The topological polar surface area (TPSA) is 51.1 Å². The van der Waals surface area contributed by atoms with Crippen LogP contribution in [-0.4, -0.2) is 16.2 Å². The van der Waals surface area contributed by atoms with Crippen molar-refractivity contribution in [1.82, 2.24) is 9.88 Å². The summed E-state index contributed by atoms with van der Waals surface area (Å²) in [6.07, 6.45) is 0. The van der Waals surface area contributed by atoms with E-state index >= 15 is 0 Å². The van der Waals surface area contributed by atoms with E-state index in [9.17, 15) is 14.0 Å². The second-order valence-corrected chi connectivity index (χ2v) is 7.73. The van der Waals surface area contributed by atoms with Crippen molar-refractivity contribution < 1.29 is 9.18 Å². The molecule has 0 radical (unpaired) electrons. The minimum absolute atomic E-state index is 0.119. The molecule has 27 heavy (non-hydrogen) atoms. The van der Waals surface area contributed by atoms with Crippen LogP contribution in [0.1, 0.15) is 5.56 Å². The van der Waals surface area contributed by atoms with Crippen LogP contribution in [0, 0.1) is 5.82 Å². The van der Waals surface area contributed by atoms with E-state index < -0.39 is 5.82 Å². The van der Waals surface area contributed by atoms with Gasteiger partial charge in [0.25, 0.3) is 5.56 Å². The number of carbonyl (C=O) groups excluding carboxylic acids is 1. The molecule has 1 heterocycles. The molecule has 0 aliphatic rings. The van der Waals surface area contributed by atoms with Crippen LogP contribution in [0.15, 0.2) is 52.2 Å². The molecule has 4 nitrogen and oxygen atoms in total. The molecule has 0 saturated heterocycles. The second-order valence-electron chi connectivity index (χ2n) is 5.87. The SMILES string of the molecule is Cn1c(=O)cc(SCC(=O)NCc2ccc(F)cc2Cl)c2cc(Cl)ccc21. The molecule has 0 spiro atoms. The van der Waals surface area contributed by atoms with Crippen LogP contribution in [0.5, 0.6) is 0 Å². The monoisotopic (exact) mass is 424 g/mol. The van der Waals surface area contributed by atoms with Gasteiger partial charge >= 0.3 is 0 Å². The number of aromatic nitrogens is 1. The molecule has 0 saturated carbocycles. The van der Waals surface area contributed by atoms with Gasteiger partial charge in [-0.2, -0.15) is 0 Å². The maximum atomic E-state index is 13.1. The van der Waals surface area contributed by atoms with E-state index in [-0.39, 0.29) is 28.8 Å². The van der Waals surface area contributed by atoms with Gasteiger partial charge in [0.2, 0.25) is 5.91 Å². The fourth-order valence-electron chi connectivity index (χ4n) is 2.58. The Hall–Kier alpha value is -2.02. The van der Waals surface area contributed by atoms with Crippen LogP contribution >= 0.6 is 35.0 Å². The number of rotatable bonds is 5. The highest BCUT2D eigenvalue weighted by Gasteiger charge is 2.11. The number of nitrogens with one attached hydrogen (secondary N) is 1. The number of thioether (sulfide) groups is 1. The Balaban J connectivity index is 1.71. The minimum atomic E-state index is -0.429. The summed E-state index contributed by atoms with van der Waals surface area (Å²) in [5, 5.41) is 4.36. The molecular formula is C19H15Cl2FN2O2S. The van der Waals surface area contributed by atoms with E-state index in [0.717, 1.165) is 10.9 Å². The quantitative estimate of drug-likeness (QED) is 0.617. The zero-order valence-electron chi connectivity index (χ0n) is 14.3. The van der Waals surface area contributed by atoms with Gasteiger partial charge in [-0.1, -0.05) is 29.3 Å². The molecule has 0 fully saturated rings. The van der Waals surface area contributed by atoms with Crippen LogP contribution in [0.4, 0.5) is 4.39 Å². The number of pyridine rings is 1. The first-order valence-electron chi connectivity index (χ1n) is 7.98. The Morgan fingerprint density at radius 3 is 2.70 bits per heavy atom. The van der Waals surface area contributed by atoms with Gasteiger partial charge in [-0.25, -0.2) is 4.39 Å². The van der Waals surface area contributed by atoms with Crippen LogP contribution < -0.4 is 10.9 Å². The van der Waals surface area contributed by atoms with Gasteiger partial charge in [-0.15, -0.1) is 11.8 Å². The van der Waals surface area contributed by atoms with E-state index in [1.54, 1.807) is 25.2 Å². The maximum Gasteiger partial charge on any atom is 0.251 e. The molecule has 0 atom stereocenters. The summed E-state index contributed by atoms with van der Waals surface area (Å²) in [4.78, 5) is 25.0. The first-order chi connectivity index (χ1) is 12.8. The summed E-state index contributed by atoms with van der Waals surface area (Å²) in [6, 6.07) is 10.8. The average molecular weight is 425 g/mol. The van der Waals surface area contributed by atoms with Crippen LogP contribution in [0.2, 0.25) is 10.0 Å². The first-order valence-corrected chi connectivity index (χ1v) is 9.72. The van der Waals surface area contributed by atoms with Crippen molar-refractivity contribution in [2.24, 2.45) is 7.05 Å². The third-order valence-corrected chi connectivity index (χ3v) is 5.66. The number of benzene rings is 2. The molecule has 0 bridgehead atoms. The predicted molar refractivity (Wildman–Crippen MR) is 108 cm³/mol. The molecule has 2 aromatic carbocycles. The summed E-state index contributed by atoms with van der Waals surface area (Å²) in [5.74, 6) is -0.536. The molecule has 8 heteroatoms. The van der Waals surface area contributed by atoms with Crippen molar-refractivity contribution in [1.29, 1.82) is 0 Å². The van der Waals surface area contributed by atoms with E-state index in [4.69, 9.17) is 23.2 Å². The molecule has 0 aliphatic carbocycles. The molecule has 3 rings (SSSR count). The van der Waals surface area contributed by atoms with E-state index in [1.165, 1.54) is 40.6 Å². The van der Waals surface area contributed by atoms with Crippen molar-refractivity contribution in [3.63, 3.8) is 0 Å². The van der Waals surface area contributed by atoms with Crippen molar-refractivity contribution in [2.45, 2.75) is 11.4 Å². The highest BCUT2D eigenvalue weighted by Crippen LogP contribution is 2.28. The first kappa shape index (κ1) is 19.7. The molecule has 3 aromatic rings. The van der Waals surface area contributed by atoms with Gasteiger partial charge in [-0.05, 0) is 35.9 Å². The predicted octanol–water partition coefficient (Wildman–Crippen LogP) is 4.39. The van der Waals surface area contributed by atoms with Crippen molar-refractivity contribution in [3.8, 4) is 0 Å². The van der Waals surface area contributed by atoms with Crippen LogP contribution in [0.25, 0.3) is 10.9 Å². The van der Waals surface area contributed by atoms with E-state index in [1.807, 2.05) is 0 Å². The van der Waals surface area contributed by atoms with Gasteiger partial charge in [0.15, 0.2) is 0 Å². The summed E-state index contributed by atoms with van der Waals surface area (Å²) >= 11 is 13.3. The molecular weight excluding hydrogens is 410 g/mol. The summed E-state index contributed by atoms with van der Waals surface area (Å²) < 4.78 is 14.6. The zero-order valence-corrected chi connectivity index (χ0v) is 16.6.